The van der Waals surface area contributed by atoms with Crippen molar-refractivity contribution in [3.8, 4) is 5.75 Å². The molecule has 2 aliphatic carbocycles. The predicted octanol–water partition coefficient (Wildman–Crippen LogP) is 4.71. The molecule has 130 valence electrons. The summed E-state index contributed by atoms with van der Waals surface area (Å²) in [5.41, 5.74) is 2.18. The van der Waals surface area contributed by atoms with Gasteiger partial charge in [0.1, 0.15) is 0 Å². The Hall–Kier alpha value is -1.25. The molecule has 0 bridgehead atoms. The van der Waals surface area contributed by atoms with E-state index >= 15 is 0 Å². The third-order valence-corrected chi connectivity index (χ3v) is 6.31. The topological polar surface area (TPSA) is 29.5 Å². The molecule has 3 rings (SSSR count). The molecule has 0 aromatic heterocycles. The van der Waals surface area contributed by atoms with Gasteiger partial charge in [-0.05, 0) is 18.3 Å². The van der Waals surface area contributed by atoms with Crippen LogP contribution >= 0.6 is 0 Å². The molecule has 1 atom stereocenters. The fourth-order valence-corrected chi connectivity index (χ4v) is 4.66. The first-order valence-electron chi connectivity index (χ1n) is 9.66. The molecule has 0 amide bonds. The minimum absolute atomic E-state index is 0.250. The Bertz CT molecular complexity index is 535. The Labute approximate surface area is 147 Å². The van der Waals surface area contributed by atoms with Gasteiger partial charge < -0.3 is 0 Å². The zero-order valence-electron chi connectivity index (χ0n) is 15.1. The molecule has 1 N–H and O–H groups in total. The van der Waals surface area contributed by atoms with E-state index < -0.39 is 0 Å². The van der Waals surface area contributed by atoms with Crippen LogP contribution in [0.3, 0.4) is 0 Å². The molecule has 1 aromatic rings. The van der Waals surface area contributed by atoms with Gasteiger partial charge in [-0.25, -0.2) is 0 Å². The summed E-state index contributed by atoms with van der Waals surface area (Å²) >= 11 is 0. The molecule has 1 aromatic carbocycles. The molecule has 0 radical (unpaired) electrons. The van der Waals surface area contributed by atoms with Crippen LogP contribution in [0, 0.1) is 11.3 Å². The van der Waals surface area contributed by atoms with Crippen molar-refractivity contribution in [1.29, 1.82) is 0 Å². The number of ether oxygens (including phenoxy) is 1. The van der Waals surface area contributed by atoms with Gasteiger partial charge >= 0.3 is 116 Å². The minimum atomic E-state index is 0.250. The summed E-state index contributed by atoms with van der Waals surface area (Å²) in [6.07, 6.45) is 12.0. The van der Waals surface area contributed by atoms with Crippen LogP contribution < -0.4 is 4.74 Å². The van der Waals surface area contributed by atoms with Gasteiger partial charge in [-0.15, -0.1) is 0 Å². The molecule has 0 saturated heterocycles. The van der Waals surface area contributed by atoms with Gasteiger partial charge in [0, 0.05) is 0 Å². The van der Waals surface area contributed by atoms with Gasteiger partial charge in [0.15, 0.2) is 0 Å². The first-order chi connectivity index (χ1) is 11.6. The first kappa shape index (κ1) is 17.6. The zero-order valence-corrected chi connectivity index (χ0v) is 15.1. The summed E-state index contributed by atoms with van der Waals surface area (Å²) in [6, 6.07) is 8.34. The summed E-state index contributed by atoms with van der Waals surface area (Å²) in [4.78, 5) is 0. The average molecular weight is 326 g/mol. The zero-order chi connectivity index (χ0) is 17.0. The fraction of sp³-hybridized carbons (Fsp3) is 0.667. The first-order valence-corrected chi connectivity index (χ1v) is 9.66. The van der Waals surface area contributed by atoms with Gasteiger partial charge in [0.25, 0.3) is 0 Å². The second-order valence-electron chi connectivity index (χ2n) is 8.20. The molecular formula is C21H31BO2. The molecular weight excluding hydrogens is 295 g/mol. The Morgan fingerprint density at radius 2 is 1.79 bits per heavy atom. The molecule has 3 heteroatoms. The van der Waals surface area contributed by atoms with Crippen LogP contribution in [0.5, 0.6) is 5.75 Å². The number of aliphatic hydroxyl groups excluding tert-OH is 1. The van der Waals surface area contributed by atoms with Crippen LogP contribution in [0.4, 0.5) is 0 Å². The van der Waals surface area contributed by atoms with Gasteiger partial charge in [0.05, 0.1) is 0 Å². The molecule has 0 heterocycles. The normalized spacial score (nSPS) is 21.7. The van der Waals surface area contributed by atoms with Crippen molar-refractivity contribution in [3.63, 3.8) is 0 Å². The molecule has 0 unspecified atom stereocenters. The fourth-order valence-electron chi connectivity index (χ4n) is 4.66. The van der Waals surface area contributed by atoms with Gasteiger partial charge in [-0.2, -0.15) is 0 Å². The molecule has 1 spiro atoms. The maximum absolute atomic E-state index is 9.32. The molecule has 2 aliphatic rings. The van der Waals surface area contributed by atoms with E-state index in [0.29, 0.717) is 11.8 Å². The Balaban J connectivity index is 1.44. The quantitative estimate of drug-likeness (QED) is 0.767. The average Bonchev–Trinajstić information content (AvgIpc) is 3.02. The van der Waals surface area contributed by atoms with Crippen molar-refractivity contribution in [1.82, 2.24) is 0 Å². The summed E-state index contributed by atoms with van der Waals surface area (Å²) in [5, 5.41) is 9.32. The summed E-state index contributed by atoms with van der Waals surface area (Å²) < 4.78 is 6.05. The van der Waals surface area contributed by atoms with E-state index in [-0.39, 0.29) is 11.6 Å². The number of aliphatic hydroxyl groups is 1. The van der Waals surface area contributed by atoms with E-state index in [1.807, 2.05) is 0 Å². The van der Waals surface area contributed by atoms with E-state index in [2.05, 4.69) is 38.7 Å². The molecule has 24 heavy (non-hydrogen) atoms. The summed E-state index contributed by atoms with van der Waals surface area (Å²) in [7, 11) is 3.58. The van der Waals surface area contributed by atoms with E-state index in [1.54, 1.807) is 0 Å². The van der Waals surface area contributed by atoms with Crippen LogP contribution in [0.15, 0.2) is 24.3 Å². The number of hydrogen-bond donors (Lipinski definition) is 1. The van der Waals surface area contributed by atoms with Crippen molar-refractivity contribution < 1.29 is 9.84 Å². The van der Waals surface area contributed by atoms with Crippen LogP contribution in [0.1, 0.15) is 76.2 Å². The molecule has 2 saturated carbocycles. The number of rotatable bonds is 6. The SMILES string of the molecule is B=C(O)C[C@H](C)c1ccc(OCC2CCC3(CCCC3)CC2)cc1. The molecule has 2 nitrogen and oxygen atoms in total. The van der Waals surface area contributed by atoms with Crippen molar-refractivity contribution in [3.05, 3.63) is 29.8 Å². The summed E-state index contributed by atoms with van der Waals surface area (Å²) in [6.45, 7) is 2.97. The molecule has 0 aliphatic heterocycles. The van der Waals surface area contributed by atoms with Crippen molar-refractivity contribution in [2.24, 2.45) is 11.3 Å². The predicted molar refractivity (Wildman–Crippen MR) is 102 cm³/mol. The van der Waals surface area contributed by atoms with Crippen molar-refractivity contribution in [2.75, 3.05) is 6.61 Å². The maximum atomic E-state index is 9.32. The second-order valence-corrected chi connectivity index (χ2v) is 8.20. The monoisotopic (exact) mass is 326 g/mol. The van der Waals surface area contributed by atoms with E-state index in [0.717, 1.165) is 18.3 Å². The van der Waals surface area contributed by atoms with Crippen LogP contribution in [0.2, 0.25) is 0 Å². The third-order valence-electron chi connectivity index (χ3n) is 6.31. The number of benzene rings is 1. The van der Waals surface area contributed by atoms with Gasteiger partial charge in [-0.3, -0.25) is 0 Å². The Kier molecular flexibility index (Phi) is 5.68. The third kappa shape index (κ3) is 4.43. The van der Waals surface area contributed by atoms with Crippen LogP contribution in [0.25, 0.3) is 0 Å². The summed E-state index contributed by atoms with van der Waals surface area (Å²) in [5.74, 6) is 1.99. The van der Waals surface area contributed by atoms with E-state index in [9.17, 15) is 5.11 Å². The van der Waals surface area contributed by atoms with Crippen molar-refractivity contribution in [2.45, 2.75) is 70.6 Å². The molecule has 2 fully saturated rings. The Morgan fingerprint density at radius 1 is 1.17 bits per heavy atom. The second kappa shape index (κ2) is 7.76. The van der Waals surface area contributed by atoms with Crippen molar-refractivity contribution >= 4 is 13.1 Å². The van der Waals surface area contributed by atoms with Crippen LogP contribution in [-0.2, 0) is 0 Å². The van der Waals surface area contributed by atoms with E-state index in [4.69, 9.17) is 4.74 Å². The Morgan fingerprint density at radius 3 is 2.38 bits per heavy atom. The van der Waals surface area contributed by atoms with E-state index in [1.165, 1.54) is 56.9 Å². The van der Waals surface area contributed by atoms with Crippen LogP contribution in [-0.4, -0.2) is 24.9 Å². The number of hydrogen-bond acceptors (Lipinski definition) is 2. The van der Waals surface area contributed by atoms with Gasteiger partial charge in [-0.1, -0.05) is 12.8 Å². The standard InChI is InChI=1S/C21H31BO2/c1-16(14-20(22)23)18-4-6-19(7-5-18)24-15-17-8-12-21(13-9-17)10-2-3-11-21/h4-7,16-17,22-23H,2-3,8-15H2,1H3/t16-/m0/s1. The van der Waals surface area contributed by atoms with Gasteiger partial charge in [0.2, 0.25) is 0 Å².